The van der Waals surface area contributed by atoms with Crippen LogP contribution < -0.4 is 0 Å². The van der Waals surface area contributed by atoms with Gasteiger partial charge in [-0.1, -0.05) is 24.3 Å². The molecule has 0 saturated carbocycles. The predicted molar refractivity (Wildman–Crippen MR) is 112 cm³/mol. The molecule has 146 valence electrons. The van der Waals surface area contributed by atoms with Gasteiger partial charge in [0, 0.05) is 30.8 Å². The van der Waals surface area contributed by atoms with Gasteiger partial charge in [-0.25, -0.2) is 13.4 Å². The Balaban J connectivity index is 1.48. The van der Waals surface area contributed by atoms with Crippen molar-refractivity contribution in [2.75, 3.05) is 19.3 Å². The van der Waals surface area contributed by atoms with Crippen LogP contribution in [0.4, 0.5) is 0 Å². The van der Waals surface area contributed by atoms with Gasteiger partial charge in [0.25, 0.3) is 5.91 Å². The molecule has 5 nitrogen and oxygen atoms in total. The molecule has 1 aliphatic rings. The van der Waals surface area contributed by atoms with E-state index in [2.05, 4.69) is 6.07 Å². The summed E-state index contributed by atoms with van der Waals surface area (Å²) in [5.41, 5.74) is 2.32. The van der Waals surface area contributed by atoms with E-state index < -0.39 is 9.84 Å². The number of hydrogen-bond acceptors (Lipinski definition) is 5. The number of sulfone groups is 1. The average molecular weight is 415 g/mol. The maximum atomic E-state index is 12.9. The molecule has 1 aliphatic heterocycles. The van der Waals surface area contributed by atoms with Gasteiger partial charge in [-0.2, -0.15) is 0 Å². The Hall–Kier alpha value is -2.25. The van der Waals surface area contributed by atoms with Crippen molar-refractivity contribution in [2.24, 2.45) is 0 Å². The summed E-state index contributed by atoms with van der Waals surface area (Å²) in [7, 11) is -3.08. The molecule has 0 N–H and O–H groups in total. The molecule has 1 amide bonds. The van der Waals surface area contributed by atoms with E-state index in [-0.39, 0.29) is 17.6 Å². The van der Waals surface area contributed by atoms with E-state index in [1.165, 1.54) is 11.0 Å². The van der Waals surface area contributed by atoms with Gasteiger partial charge in [0.15, 0.2) is 9.84 Å². The average Bonchev–Trinajstić information content (AvgIpc) is 3.11. The maximum absolute atomic E-state index is 12.9. The first kappa shape index (κ1) is 19.1. The van der Waals surface area contributed by atoms with Gasteiger partial charge >= 0.3 is 0 Å². The number of rotatable bonds is 4. The van der Waals surface area contributed by atoms with Crippen LogP contribution in [-0.2, 0) is 15.6 Å². The zero-order valence-electron chi connectivity index (χ0n) is 15.7. The van der Waals surface area contributed by atoms with Crippen molar-refractivity contribution < 1.29 is 13.2 Å². The van der Waals surface area contributed by atoms with E-state index in [1.54, 1.807) is 35.6 Å². The van der Waals surface area contributed by atoms with Gasteiger partial charge in [-0.05, 0) is 42.7 Å². The Morgan fingerprint density at radius 2 is 1.93 bits per heavy atom. The molecule has 1 atom stereocenters. The first-order valence-electron chi connectivity index (χ1n) is 9.30. The molecule has 4 rings (SSSR count). The minimum Gasteiger partial charge on any atom is -0.338 e. The summed E-state index contributed by atoms with van der Waals surface area (Å²) in [5, 5.41) is 1.10. The van der Waals surface area contributed by atoms with Crippen LogP contribution in [0, 0.1) is 0 Å². The summed E-state index contributed by atoms with van der Waals surface area (Å²) >= 11 is 1.71. The van der Waals surface area contributed by atoms with Crippen LogP contribution in [0.3, 0.4) is 0 Å². The van der Waals surface area contributed by atoms with Crippen LogP contribution in [0.5, 0.6) is 0 Å². The highest BCUT2D eigenvalue weighted by molar-refractivity contribution is 7.89. The van der Waals surface area contributed by atoms with Gasteiger partial charge in [-0.3, -0.25) is 4.79 Å². The van der Waals surface area contributed by atoms with Crippen molar-refractivity contribution in [1.82, 2.24) is 9.88 Å². The maximum Gasteiger partial charge on any atom is 0.253 e. The van der Waals surface area contributed by atoms with Gasteiger partial charge in [0.1, 0.15) is 0 Å². The van der Waals surface area contributed by atoms with E-state index in [0.717, 1.165) is 29.9 Å². The molecule has 0 aliphatic carbocycles. The van der Waals surface area contributed by atoms with E-state index >= 15 is 0 Å². The molecule has 28 heavy (non-hydrogen) atoms. The highest BCUT2D eigenvalue weighted by Gasteiger charge is 2.27. The fraction of sp³-hybridized carbons (Fsp3) is 0.333. The normalized spacial score (nSPS) is 17.8. The number of carbonyl (C=O) groups excluding carboxylic acids is 1. The second-order valence-corrected chi connectivity index (χ2v) is 10.6. The molecule has 0 bridgehead atoms. The highest BCUT2D eigenvalue weighted by atomic mass is 32.2. The molecule has 1 saturated heterocycles. The zero-order valence-corrected chi connectivity index (χ0v) is 17.3. The van der Waals surface area contributed by atoms with E-state index in [4.69, 9.17) is 4.98 Å². The Morgan fingerprint density at radius 3 is 2.64 bits per heavy atom. The summed E-state index contributed by atoms with van der Waals surface area (Å²) in [4.78, 5) is 19.6. The van der Waals surface area contributed by atoms with Crippen molar-refractivity contribution in [1.29, 1.82) is 0 Å². The fourth-order valence-electron chi connectivity index (χ4n) is 3.66. The van der Waals surface area contributed by atoms with Gasteiger partial charge in [-0.15, -0.1) is 11.3 Å². The molecule has 2 heterocycles. The van der Waals surface area contributed by atoms with Crippen molar-refractivity contribution in [3.05, 3.63) is 64.7 Å². The lowest BCUT2D eigenvalue weighted by atomic mass is 9.98. The minimum absolute atomic E-state index is 0.00304. The van der Waals surface area contributed by atoms with Crippen molar-refractivity contribution in [3.63, 3.8) is 0 Å². The number of hydrogen-bond donors (Lipinski definition) is 0. The smallest absolute Gasteiger partial charge is 0.253 e. The second kappa shape index (κ2) is 7.64. The summed E-state index contributed by atoms with van der Waals surface area (Å²) in [6.45, 7) is 1.41. The molecule has 1 fully saturated rings. The number of amides is 1. The lowest BCUT2D eigenvalue weighted by Gasteiger charge is -2.32. The molecule has 7 heteroatoms. The fourth-order valence-corrected chi connectivity index (χ4v) is 5.55. The quantitative estimate of drug-likeness (QED) is 0.650. The first-order valence-corrected chi connectivity index (χ1v) is 12.2. The van der Waals surface area contributed by atoms with Gasteiger partial charge < -0.3 is 4.90 Å². The summed E-state index contributed by atoms with van der Waals surface area (Å²) in [6, 6.07) is 15.0. The number of aromatic nitrogens is 1. The number of piperidine rings is 1. The van der Waals surface area contributed by atoms with E-state index in [9.17, 15) is 13.2 Å². The molecule has 0 spiro atoms. The van der Waals surface area contributed by atoms with Crippen molar-refractivity contribution in [3.8, 4) is 0 Å². The Bertz CT molecular complexity index is 1070. The zero-order chi connectivity index (χ0) is 19.7. The number of benzene rings is 2. The lowest BCUT2D eigenvalue weighted by Crippen LogP contribution is -2.39. The number of nitrogens with zero attached hydrogens (tertiary/aromatic N) is 2. The van der Waals surface area contributed by atoms with Crippen molar-refractivity contribution >= 4 is 37.3 Å². The Kier molecular flexibility index (Phi) is 5.21. The molecule has 2 aromatic carbocycles. The topological polar surface area (TPSA) is 67.3 Å². The van der Waals surface area contributed by atoms with Crippen LogP contribution in [0.2, 0.25) is 0 Å². The SMILES string of the molecule is CS(=O)(=O)Cc1ccc(C(=O)N2CCC[C@@H](c3nc4ccccc4s3)C2)cc1. The number of fused-ring (bicyclic) bond motifs is 1. The van der Waals surface area contributed by atoms with Gasteiger partial charge in [0.2, 0.25) is 0 Å². The highest BCUT2D eigenvalue weighted by Crippen LogP contribution is 2.33. The third kappa shape index (κ3) is 4.25. The number of thiazole rings is 1. The van der Waals surface area contributed by atoms with Gasteiger partial charge in [0.05, 0.1) is 21.0 Å². The summed E-state index contributed by atoms with van der Waals surface area (Å²) in [5.74, 6) is 0.251. The largest absolute Gasteiger partial charge is 0.338 e. The van der Waals surface area contributed by atoms with E-state index in [0.29, 0.717) is 17.7 Å². The third-order valence-corrected chi connectivity index (χ3v) is 7.05. The molecule has 1 aromatic heterocycles. The molecule has 0 unspecified atom stereocenters. The van der Waals surface area contributed by atoms with Crippen LogP contribution >= 0.6 is 11.3 Å². The second-order valence-electron chi connectivity index (χ2n) is 7.38. The molecular formula is C21H22N2O3S2. The summed E-state index contributed by atoms with van der Waals surface area (Å²) < 4.78 is 24.0. The van der Waals surface area contributed by atoms with Crippen molar-refractivity contribution in [2.45, 2.75) is 24.5 Å². The molecular weight excluding hydrogens is 392 g/mol. The number of carbonyl (C=O) groups is 1. The number of likely N-dealkylation sites (tertiary alicyclic amines) is 1. The van der Waals surface area contributed by atoms with Crippen LogP contribution in [0.25, 0.3) is 10.2 Å². The number of para-hydroxylation sites is 1. The monoisotopic (exact) mass is 414 g/mol. The Labute approximate surface area is 168 Å². The summed E-state index contributed by atoms with van der Waals surface area (Å²) in [6.07, 6.45) is 3.21. The molecule has 0 radical (unpaired) electrons. The minimum atomic E-state index is -3.08. The van der Waals surface area contributed by atoms with Crippen LogP contribution in [0.1, 0.15) is 39.7 Å². The first-order chi connectivity index (χ1) is 13.4. The Morgan fingerprint density at radius 1 is 1.18 bits per heavy atom. The van der Waals surface area contributed by atoms with E-state index in [1.807, 2.05) is 23.1 Å². The predicted octanol–water partition coefficient (Wildman–Crippen LogP) is 3.86. The molecule has 3 aromatic rings. The third-order valence-electron chi connectivity index (χ3n) is 5.00. The lowest BCUT2D eigenvalue weighted by molar-refractivity contribution is 0.0707. The van der Waals surface area contributed by atoms with Crippen LogP contribution in [0.15, 0.2) is 48.5 Å². The van der Waals surface area contributed by atoms with Crippen LogP contribution in [-0.4, -0.2) is 43.6 Å². The standard InChI is InChI=1S/C21H22N2O3S2/c1-28(25,26)14-15-8-10-16(11-9-15)21(24)23-12-4-5-17(13-23)20-22-18-6-2-3-7-19(18)27-20/h2-3,6-11,17H,4-5,12-14H2,1H3/t17-/m1/s1.